The largest absolute Gasteiger partial charge is 0.326 e. The van der Waals surface area contributed by atoms with Gasteiger partial charge in [-0.05, 0) is 30.5 Å². The van der Waals surface area contributed by atoms with Gasteiger partial charge in [-0.3, -0.25) is 4.79 Å². The molecule has 0 saturated heterocycles. The lowest BCUT2D eigenvalue weighted by Crippen LogP contribution is -2.14. The highest BCUT2D eigenvalue weighted by molar-refractivity contribution is 6.31. The summed E-state index contributed by atoms with van der Waals surface area (Å²) in [6.07, 6.45) is 0.931. The zero-order chi connectivity index (χ0) is 11.0. The van der Waals surface area contributed by atoms with E-state index in [0.29, 0.717) is 11.6 Å². The van der Waals surface area contributed by atoms with Crippen LogP contribution in [0.25, 0.3) is 0 Å². The summed E-state index contributed by atoms with van der Waals surface area (Å²) < 4.78 is 12.8. The molecule has 15 heavy (non-hydrogen) atoms. The van der Waals surface area contributed by atoms with Crippen molar-refractivity contribution in [3.8, 4) is 0 Å². The van der Waals surface area contributed by atoms with E-state index in [9.17, 15) is 9.18 Å². The fourth-order valence-corrected chi connectivity index (χ4v) is 1.68. The molecular formula is C11H11ClFNO. The molecule has 2 nitrogen and oxygen atoms in total. The third-order valence-electron chi connectivity index (χ3n) is 2.63. The van der Waals surface area contributed by atoms with Crippen molar-refractivity contribution in [1.29, 1.82) is 0 Å². The van der Waals surface area contributed by atoms with Crippen molar-refractivity contribution in [2.24, 2.45) is 11.8 Å². The number of halogens is 2. The van der Waals surface area contributed by atoms with Crippen molar-refractivity contribution in [2.75, 3.05) is 5.32 Å². The van der Waals surface area contributed by atoms with Crippen LogP contribution in [0.4, 0.5) is 10.1 Å². The van der Waals surface area contributed by atoms with E-state index in [0.717, 1.165) is 6.42 Å². The minimum atomic E-state index is -0.477. The van der Waals surface area contributed by atoms with Crippen molar-refractivity contribution < 1.29 is 9.18 Å². The zero-order valence-corrected chi connectivity index (χ0v) is 9.01. The molecule has 1 fully saturated rings. The molecule has 2 rings (SSSR count). The van der Waals surface area contributed by atoms with E-state index in [2.05, 4.69) is 5.32 Å². The molecule has 0 unspecified atom stereocenters. The molecule has 1 aromatic carbocycles. The second-order valence-electron chi connectivity index (χ2n) is 3.94. The number of carbonyl (C=O) groups is 1. The van der Waals surface area contributed by atoms with E-state index >= 15 is 0 Å². The van der Waals surface area contributed by atoms with Gasteiger partial charge in [0.1, 0.15) is 5.82 Å². The van der Waals surface area contributed by atoms with Gasteiger partial charge >= 0.3 is 0 Å². The van der Waals surface area contributed by atoms with E-state index in [1.54, 1.807) is 0 Å². The van der Waals surface area contributed by atoms with Crippen LogP contribution in [0.5, 0.6) is 0 Å². The molecule has 2 atom stereocenters. The molecule has 1 aliphatic rings. The lowest BCUT2D eigenvalue weighted by Gasteiger charge is -2.04. The molecule has 0 spiro atoms. The third kappa shape index (κ3) is 2.29. The van der Waals surface area contributed by atoms with Gasteiger partial charge in [0.15, 0.2) is 0 Å². The molecule has 0 radical (unpaired) electrons. The Labute approximate surface area is 92.4 Å². The van der Waals surface area contributed by atoms with Crippen LogP contribution in [0, 0.1) is 17.7 Å². The van der Waals surface area contributed by atoms with Gasteiger partial charge in [-0.2, -0.15) is 0 Å². The maximum absolute atomic E-state index is 12.8. The van der Waals surface area contributed by atoms with Gasteiger partial charge < -0.3 is 5.32 Å². The van der Waals surface area contributed by atoms with Crippen LogP contribution in [-0.4, -0.2) is 5.91 Å². The summed E-state index contributed by atoms with van der Waals surface area (Å²) in [5, 5.41) is 2.74. The van der Waals surface area contributed by atoms with Crippen LogP contribution in [-0.2, 0) is 4.79 Å². The van der Waals surface area contributed by atoms with Crippen molar-refractivity contribution >= 4 is 23.2 Å². The number of amides is 1. The van der Waals surface area contributed by atoms with Crippen molar-refractivity contribution in [3.05, 3.63) is 29.0 Å². The van der Waals surface area contributed by atoms with Crippen molar-refractivity contribution in [2.45, 2.75) is 13.3 Å². The average Bonchev–Trinajstić information content (AvgIpc) is 2.89. The quantitative estimate of drug-likeness (QED) is 0.827. The summed E-state index contributed by atoms with van der Waals surface area (Å²) in [6, 6.07) is 4.17. The molecule has 80 valence electrons. The van der Waals surface area contributed by atoms with Gasteiger partial charge in [0.25, 0.3) is 0 Å². The van der Waals surface area contributed by atoms with Gasteiger partial charge in [-0.1, -0.05) is 18.5 Å². The average molecular weight is 228 g/mol. The summed E-state index contributed by atoms with van der Waals surface area (Å²) in [6.45, 7) is 2.03. The van der Waals surface area contributed by atoms with Crippen LogP contribution in [0.3, 0.4) is 0 Å². The van der Waals surface area contributed by atoms with E-state index < -0.39 is 5.82 Å². The van der Waals surface area contributed by atoms with Crippen LogP contribution in [0.2, 0.25) is 5.02 Å². The first-order valence-electron chi connectivity index (χ1n) is 4.84. The van der Waals surface area contributed by atoms with Crippen LogP contribution in [0.1, 0.15) is 13.3 Å². The predicted molar refractivity (Wildman–Crippen MR) is 57.3 cm³/mol. The number of rotatable bonds is 2. The van der Waals surface area contributed by atoms with E-state index in [1.165, 1.54) is 18.2 Å². The highest BCUT2D eigenvalue weighted by atomic mass is 35.5. The van der Waals surface area contributed by atoms with E-state index in [1.807, 2.05) is 6.92 Å². The molecule has 0 bridgehead atoms. The second-order valence-corrected chi connectivity index (χ2v) is 4.34. The van der Waals surface area contributed by atoms with Gasteiger partial charge in [0.2, 0.25) is 5.91 Å². The molecule has 0 aromatic heterocycles. The Morgan fingerprint density at radius 1 is 1.60 bits per heavy atom. The predicted octanol–water partition coefficient (Wildman–Crippen LogP) is 3.07. The zero-order valence-electron chi connectivity index (χ0n) is 8.26. The lowest BCUT2D eigenvalue weighted by molar-refractivity contribution is -0.117. The lowest BCUT2D eigenvalue weighted by atomic mass is 10.2. The molecule has 1 aliphatic carbocycles. The number of hydrogen-bond acceptors (Lipinski definition) is 1. The summed E-state index contributed by atoms with van der Waals surface area (Å²) >= 11 is 5.59. The summed E-state index contributed by atoms with van der Waals surface area (Å²) in [5.74, 6) is 0.0781. The van der Waals surface area contributed by atoms with E-state index in [-0.39, 0.29) is 16.8 Å². The first-order chi connectivity index (χ1) is 7.08. The Morgan fingerprint density at radius 3 is 2.80 bits per heavy atom. The molecule has 1 aromatic rings. The second kappa shape index (κ2) is 3.81. The normalized spacial score (nSPS) is 23.7. The fraction of sp³-hybridized carbons (Fsp3) is 0.364. The highest BCUT2D eigenvalue weighted by Crippen LogP contribution is 2.38. The van der Waals surface area contributed by atoms with E-state index in [4.69, 9.17) is 11.6 Å². The maximum Gasteiger partial charge on any atom is 0.227 e. The number of nitrogens with one attached hydrogen (secondary N) is 1. The Kier molecular flexibility index (Phi) is 2.65. The van der Waals surface area contributed by atoms with Gasteiger partial charge in [0, 0.05) is 11.6 Å². The standard InChI is InChI=1S/C11H11ClFNO/c1-6-4-8(6)11(15)14-7-2-3-10(13)9(12)5-7/h2-3,5-6,8H,4H2,1H3,(H,14,15)/t6-,8-/m0/s1. The summed E-state index contributed by atoms with van der Waals surface area (Å²) in [7, 11) is 0. The number of anilines is 1. The number of hydrogen-bond donors (Lipinski definition) is 1. The molecular weight excluding hydrogens is 217 g/mol. The molecule has 1 amide bonds. The molecule has 1 N–H and O–H groups in total. The smallest absolute Gasteiger partial charge is 0.227 e. The van der Waals surface area contributed by atoms with Crippen LogP contribution < -0.4 is 5.32 Å². The first-order valence-corrected chi connectivity index (χ1v) is 5.21. The van der Waals surface area contributed by atoms with Crippen molar-refractivity contribution in [1.82, 2.24) is 0 Å². The van der Waals surface area contributed by atoms with Gasteiger partial charge in [0.05, 0.1) is 5.02 Å². The topological polar surface area (TPSA) is 29.1 Å². The first kappa shape index (κ1) is 10.4. The Bertz CT molecular complexity index is 408. The SMILES string of the molecule is C[C@H]1C[C@@H]1C(=O)Nc1ccc(F)c(Cl)c1. The molecule has 4 heteroatoms. The summed E-state index contributed by atoms with van der Waals surface area (Å²) in [5.41, 5.74) is 0.547. The fourth-order valence-electron chi connectivity index (χ4n) is 1.50. The molecule has 1 saturated carbocycles. The number of carbonyl (C=O) groups excluding carboxylic acids is 1. The minimum absolute atomic E-state index is 0.00910. The third-order valence-corrected chi connectivity index (χ3v) is 2.92. The number of benzene rings is 1. The summed E-state index contributed by atoms with van der Waals surface area (Å²) in [4.78, 5) is 11.5. The van der Waals surface area contributed by atoms with Crippen LogP contribution >= 0.6 is 11.6 Å². The monoisotopic (exact) mass is 227 g/mol. The Hall–Kier alpha value is -1.09. The minimum Gasteiger partial charge on any atom is -0.326 e. The maximum atomic E-state index is 12.8. The Balaban J connectivity index is 2.04. The highest BCUT2D eigenvalue weighted by Gasteiger charge is 2.39. The van der Waals surface area contributed by atoms with Gasteiger partial charge in [-0.15, -0.1) is 0 Å². The molecule has 0 aliphatic heterocycles. The Morgan fingerprint density at radius 2 is 2.27 bits per heavy atom. The van der Waals surface area contributed by atoms with Gasteiger partial charge in [-0.25, -0.2) is 4.39 Å². The van der Waals surface area contributed by atoms with Crippen LogP contribution in [0.15, 0.2) is 18.2 Å². The van der Waals surface area contributed by atoms with Crippen molar-refractivity contribution in [3.63, 3.8) is 0 Å². The molecule has 0 heterocycles.